The third-order valence-corrected chi connectivity index (χ3v) is 1.20. The van der Waals surface area contributed by atoms with E-state index in [9.17, 15) is 9.59 Å². The molecule has 0 saturated carbocycles. The van der Waals surface area contributed by atoms with Crippen molar-refractivity contribution in [3.8, 4) is 0 Å². The van der Waals surface area contributed by atoms with Gasteiger partial charge in [-0.2, -0.15) is 0 Å². The van der Waals surface area contributed by atoms with Crippen LogP contribution in [0.15, 0.2) is 11.6 Å². The van der Waals surface area contributed by atoms with Gasteiger partial charge in [-0.3, -0.25) is 0 Å². The number of hydrogen-bond acceptors (Lipinski definition) is 2. The smallest absolute Gasteiger partial charge is 0.331 e. The molecule has 0 aromatic carbocycles. The van der Waals surface area contributed by atoms with Gasteiger partial charge in [0, 0.05) is 31.1 Å². The van der Waals surface area contributed by atoms with Crippen LogP contribution in [0.1, 0.15) is 20.3 Å². The number of hydrogen-bond donors (Lipinski definition) is 2. The third-order valence-electron chi connectivity index (χ3n) is 1.20. The Morgan fingerprint density at radius 1 is 1.31 bits per heavy atom. The van der Waals surface area contributed by atoms with Crippen molar-refractivity contribution in [1.82, 2.24) is 0 Å². The van der Waals surface area contributed by atoms with Gasteiger partial charge in [-0.05, 0) is 12.3 Å². The Hall–Kier alpha value is -0.697. The van der Waals surface area contributed by atoms with Crippen LogP contribution in [0.5, 0.6) is 0 Å². The average Bonchev–Trinajstić information content (AvgIpc) is 1.83. The Kier molecular flexibility index (Phi) is 7.72. The molecule has 0 bridgehead atoms. The van der Waals surface area contributed by atoms with E-state index in [0.29, 0.717) is 0 Å². The van der Waals surface area contributed by atoms with E-state index in [0.717, 1.165) is 6.08 Å². The van der Waals surface area contributed by atoms with E-state index in [4.69, 9.17) is 10.2 Å². The van der Waals surface area contributed by atoms with E-state index in [1.165, 1.54) is 0 Å². The Labute approximate surface area is 89.4 Å². The maximum absolute atomic E-state index is 10.4. The summed E-state index contributed by atoms with van der Waals surface area (Å²) in [4.78, 5) is 20.6. The molecule has 0 heterocycles. The monoisotopic (exact) mass is 236 g/mol. The summed E-state index contributed by atoms with van der Waals surface area (Å²) in [6, 6.07) is 0. The number of carbonyl (C=O) groups is 2. The Bertz CT molecular complexity index is 220. The van der Waals surface area contributed by atoms with Crippen LogP contribution in [-0.2, 0) is 29.1 Å². The second-order valence-electron chi connectivity index (χ2n) is 2.91. The Morgan fingerprint density at radius 2 is 1.77 bits per heavy atom. The molecule has 0 aromatic heterocycles. The molecular weight excluding hydrogens is 225 g/mol. The quantitative estimate of drug-likeness (QED) is 0.568. The van der Waals surface area contributed by atoms with Crippen LogP contribution in [-0.4, -0.2) is 22.2 Å². The zero-order chi connectivity index (χ0) is 9.72. The number of rotatable bonds is 4. The molecule has 0 spiro atoms. The summed E-state index contributed by atoms with van der Waals surface area (Å²) in [6.45, 7) is 3.66. The predicted molar refractivity (Wildman–Crippen MR) is 42.8 cm³/mol. The van der Waals surface area contributed by atoms with Crippen LogP contribution in [0.25, 0.3) is 0 Å². The normalized spacial score (nSPS) is 10.8. The first-order valence-corrected chi connectivity index (χ1v) is 3.60. The minimum atomic E-state index is -1.21. The molecule has 5 heteroatoms. The molecule has 0 aromatic rings. The molecule has 2 N–H and O–H groups in total. The zero-order valence-electron chi connectivity index (χ0n) is 7.78. The van der Waals surface area contributed by atoms with Crippen molar-refractivity contribution in [2.24, 2.45) is 5.92 Å². The molecule has 0 fully saturated rings. The average molecular weight is 238 g/mol. The number of carboxylic acids is 2. The zero-order valence-corrected chi connectivity index (χ0v) is 10.7. The van der Waals surface area contributed by atoms with Crippen molar-refractivity contribution in [1.29, 1.82) is 0 Å². The van der Waals surface area contributed by atoms with Crippen LogP contribution in [0, 0.1) is 5.92 Å². The van der Waals surface area contributed by atoms with Gasteiger partial charge in [0.25, 0.3) is 0 Å². The molecule has 0 aliphatic heterocycles. The van der Waals surface area contributed by atoms with Gasteiger partial charge >= 0.3 is 11.9 Å². The van der Waals surface area contributed by atoms with Crippen molar-refractivity contribution < 1.29 is 39.3 Å². The summed E-state index contributed by atoms with van der Waals surface area (Å²) < 4.78 is 0. The van der Waals surface area contributed by atoms with Crippen LogP contribution < -0.4 is 0 Å². The van der Waals surface area contributed by atoms with Crippen LogP contribution in [0.3, 0.4) is 0 Å². The first-order valence-electron chi connectivity index (χ1n) is 3.60. The van der Waals surface area contributed by atoms with Crippen LogP contribution >= 0.6 is 0 Å². The van der Waals surface area contributed by atoms with E-state index in [1.807, 2.05) is 13.8 Å². The summed E-state index contributed by atoms with van der Waals surface area (Å²) in [5.74, 6) is -2.23. The largest absolute Gasteiger partial charge is 0.478 e. The summed E-state index contributed by atoms with van der Waals surface area (Å²) in [7, 11) is 0. The summed E-state index contributed by atoms with van der Waals surface area (Å²) in [5.41, 5.74) is -0.0579. The van der Waals surface area contributed by atoms with Gasteiger partial charge in [-0.15, -0.1) is 0 Å². The van der Waals surface area contributed by atoms with Gasteiger partial charge in [0.1, 0.15) is 0 Å². The first-order chi connectivity index (χ1) is 5.43. The van der Waals surface area contributed by atoms with Crippen molar-refractivity contribution in [3.63, 3.8) is 0 Å². The van der Waals surface area contributed by atoms with Gasteiger partial charge in [0.05, 0.1) is 0 Å². The van der Waals surface area contributed by atoms with Crippen molar-refractivity contribution in [3.05, 3.63) is 11.6 Å². The molecule has 0 atom stereocenters. The maximum Gasteiger partial charge on any atom is 0.331 e. The molecule has 70 valence electrons. The fraction of sp³-hybridized carbons (Fsp3) is 0.500. The molecule has 0 unspecified atom stereocenters. The van der Waals surface area contributed by atoms with Crippen molar-refractivity contribution in [2.45, 2.75) is 20.3 Å². The summed E-state index contributed by atoms with van der Waals surface area (Å²) in [6.07, 6.45) is 1.02. The van der Waals surface area contributed by atoms with E-state index < -0.39 is 11.9 Å². The molecule has 0 aliphatic carbocycles. The van der Waals surface area contributed by atoms with Crippen LogP contribution in [0.2, 0.25) is 0 Å². The van der Waals surface area contributed by atoms with Crippen LogP contribution in [0.4, 0.5) is 0 Å². The molecule has 0 amide bonds. The first kappa shape index (κ1) is 14.8. The second kappa shape index (κ2) is 6.78. The van der Waals surface area contributed by atoms with Gasteiger partial charge in [0.2, 0.25) is 0 Å². The van der Waals surface area contributed by atoms with E-state index >= 15 is 0 Å². The maximum atomic E-state index is 10.4. The van der Waals surface area contributed by atoms with E-state index in [-0.39, 0.29) is 37.4 Å². The molecule has 0 rings (SSSR count). The van der Waals surface area contributed by atoms with Gasteiger partial charge < -0.3 is 10.2 Å². The minimum Gasteiger partial charge on any atom is -0.478 e. The molecule has 0 saturated heterocycles. The molecule has 4 nitrogen and oxygen atoms in total. The van der Waals surface area contributed by atoms with E-state index in [2.05, 4.69) is 0 Å². The standard InChI is InChI=1S/C8H12O4.Zn/c1-5(2)3-6(8(11)12)4-7(9)10;/h4-5H,3H2,1-2H3,(H,9,10)(H,11,12);/b6-4-;. The molecule has 0 radical (unpaired) electrons. The minimum absolute atomic E-state index is 0. The predicted octanol–water partition coefficient (Wildman–Crippen LogP) is 1.13. The van der Waals surface area contributed by atoms with Crippen molar-refractivity contribution in [2.75, 3.05) is 0 Å². The topological polar surface area (TPSA) is 74.6 Å². The molecule has 0 aliphatic rings. The SMILES string of the molecule is CC(C)C/C(=C/C(=O)O)C(=O)O.[Zn]. The number of carboxylic acid groups (broad SMARTS) is 2. The fourth-order valence-corrected chi connectivity index (χ4v) is 0.797. The Morgan fingerprint density at radius 3 is 2.00 bits per heavy atom. The van der Waals surface area contributed by atoms with Crippen molar-refractivity contribution >= 4 is 11.9 Å². The molecule has 13 heavy (non-hydrogen) atoms. The van der Waals surface area contributed by atoms with Gasteiger partial charge in [0.15, 0.2) is 0 Å². The Balaban J connectivity index is 0. The number of aliphatic carboxylic acids is 2. The molecular formula is C8H12O4Zn. The third kappa shape index (κ3) is 7.66. The van der Waals surface area contributed by atoms with Gasteiger partial charge in [-0.25, -0.2) is 9.59 Å². The van der Waals surface area contributed by atoms with E-state index in [1.54, 1.807) is 0 Å². The van der Waals surface area contributed by atoms with Gasteiger partial charge in [-0.1, -0.05) is 13.8 Å². The summed E-state index contributed by atoms with van der Waals surface area (Å²) >= 11 is 0. The second-order valence-corrected chi connectivity index (χ2v) is 2.91. The summed E-state index contributed by atoms with van der Waals surface area (Å²) in [5, 5.41) is 16.8. The fourth-order valence-electron chi connectivity index (χ4n) is 0.797.